The first-order valence-corrected chi connectivity index (χ1v) is 11.9. The van der Waals surface area contributed by atoms with Crippen molar-refractivity contribution in [2.75, 3.05) is 86.1 Å². The van der Waals surface area contributed by atoms with Gasteiger partial charge in [0, 0.05) is 26.1 Å². The van der Waals surface area contributed by atoms with Crippen molar-refractivity contribution in [1.82, 2.24) is 21.3 Å². The van der Waals surface area contributed by atoms with Crippen LogP contribution in [0.3, 0.4) is 0 Å². The van der Waals surface area contributed by atoms with E-state index in [0.29, 0.717) is 65.7 Å². The largest absolute Gasteiger partial charge is 0.377 e. The summed E-state index contributed by atoms with van der Waals surface area (Å²) in [5.41, 5.74) is 0. The molecule has 0 unspecified atom stereocenters. The number of hydrogen-bond acceptors (Lipinski definition) is 8. The molecule has 11 heteroatoms. The highest BCUT2D eigenvalue weighted by atomic mass is 16.5. The SMILES string of the molecule is CCCCCNC(=O)COCCOCCNC(=O)COCCOCCNC(=O)CCCNC. The number of unbranched alkanes of at least 4 members (excludes halogenated alkanes) is 2. The highest BCUT2D eigenvalue weighted by Crippen LogP contribution is 1.91. The summed E-state index contributed by atoms with van der Waals surface area (Å²) in [5.74, 6) is -0.339. The third-order valence-corrected chi connectivity index (χ3v) is 4.28. The van der Waals surface area contributed by atoms with Crippen molar-refractivity contribution in [3.63, 3.8) is 0 Å². The Kier molecular flexibility index (Phi) is 23.5. The van der Waals surface area contributed by atoms with Gasteiger partial charge >= 0.3 is 0 Å². The lowest BCUT2D eigenvalue weighted by molar-refractivity contribution is -0.127. The first kappa shape index (κ1) is 31.2. The standard InChI is InChI=1S/C22H44N4O7/c1-3-4-5-9-24-21(28)18-32-16-15-31-13-11-26-22(29)19-33-17-14-30-12-10-25-20(27)7-6-8-23-2/h23H,3-19H2,1-2H3,(H,24,28)(H,25,27)(H,26,29). The molecule has 0 atom stereocenters. The second-order valence-corrected chi connectivity index (χ2v) is 7.29. The van der Waals surface area contributed by atoms with Crippen LogP contribution in [0.15, 0.2) is 0 Å². The fourth-order valence-electron chi connectivity index (χ4n) is 2.51. The molecule has 0 spiro atoms. The lowest BCUT2D eigenvalue weighted by Crippen LogP contribution is -2.31. The molecule has 0 rings (SSSR count). The van der Waals surface area contributed by atoms with Gasteiger partial charge in [-0.25, -0.2) is 0 Å². The topological polar surface area (TPSA) is 136 Å². The Balaban J connectivity index is 3.31. The molecule has 0 aliphatic heterocycles. The molecule has 0 fully saturated rings. The summed E-state index contributed by atoms with van der Waals surface area (Å²) >= 11 is 0. The molecular formula is C22H44N4O7. The quantitative estimate of drug-likeness (QED) is 0.138. The van der Waals surface area contributed by atoms with Gasteiger partial charge in [-0.15, -0.1) is 0 Å². The Bertz CT molecular complexity index is 495. The van der Waals surface area contributed by atoms with Crippen LogP contribution in [0.5, 0.6) is 0 Å². The van der Waals surface area contributed by atoms with Gasteiger partial charge < -0.3 is 40.2 Å². The third kappa shape index (κ3) is 24.7. The first-order chi connectivity index (χ1) is 16.1. The van der Waals surface area contributed by atoms with E-state index in [9.17, 15) is 14.4 Å². The summed E-state index contributed by atoms with van der Waals surface area (Å²) in [4.78, 5) is 34.6. The van der Waals surface area contributed by atoms with Crippen molar-refractivity contribution in [3.8, 4) is 0 Å². The van der Waals surface area contributed by atoms with E-state index in [-0.39, 0.29) is 30.9 Å². The summed E-state index contributed by atoms with van der Waals surface area (Å²) in [6, 6.07) is 0. The molecule has 33 heavy (non-hydrogen) atoms. The van der Waals surface area contributed by atoms with Crippen molar-refractivity contribution < 1.29 is 33.3 Å². The van der Waals surface area contributed by atoms with Crippen LogP contribution in [0.2, 0.25) is 0 Å². The maximum atomic E-state index is 11.6. The molecule has 3 amide bonds. The number of rotatable bonds is 24. The molecule has 0 heterocycles. The number of hydrogen-bond donors (Lipinski definition) is 4. The summed E-state index contributed by atoms with van der Waals surface area (Å²) < 4.78 is 21.1. The van der Waals surface area contributed by atoms with Crippen LogP contribution in [0.1, 0.15) is 39.0 Å². The molecule has 0 aliphatic carbocycles. The van der Waals surface area contributed by atoms with E-state index in [0.717, 1.165) is 32.2 Å². The summed E-state index contributed by atoms with van der Waals surface area (Å²) in [5, 5.41) is 11.2. The molecule has 0 saturated carbocycles. The smallest absolute Gasteiger partial charge is 0.246 e. The van der Waals surface area contributed by atoms with Crippen LogP contribution in [0.4, 0.5) is 0 Å². The Hall–Kier alpha value is -1.79. The fourth-order valence-corrected chi connectivity index (χ4v) is 2.51. The fraction of sp³-hybridized carbons (Fsp3) is 0.864. The summed E-state index contributed by atoms with van der Waals surface area (Å²) in [7, 11) is 1.85. The molecule has 0 aromatic carbocycles. The minimum absolute atomic E-state index is 0.0128. The van der Waals surface area contributed by atoms with Gasteiger partial charge in [-0.1, -0.05) is 19.8 Å². The lowest BCUT2D eigenvalue weighted by Gasteiger charge is -2.09. The zero-order valence-electron chi connectivity index (χ0n) is 20.4. The molecule has 194 valence electrons. The normalized spacial score (nSPS) is 10.7. The Morgan fingerprint density at radius 1 is 0.576 bits per heavy atom. The summed E-state index contributed by atoms with van der Waals surface area (Å²) in [6.45, 7) is 6.47. The average Bonchev–Trinajstić information content (AvgIpc) is 2.80. The van der Waals surface area contributed by atoms with Crippen molar-refractivity contribution in [3.05, 3.63) is 0 Å². The molecule has 0 radical (unpaired) electrons. The Labute approximate surface area is 198 Å². The van der Waals surface area contributed by atoms with E-state index in [4.69, 9.17) is 18.9 Å². The zero-order valence-corrected chi connectivity index (χ0v) is 20.4. The van der Waals surface area contributed by atoms with Gasteiger partial charge in [-0.05, 0) is 26.4 Å². The van der Waals surface area contributed by atoms with Gasteiger partial charge in [0.25, 0.3) is 0 Å². The minimum Gasteiger partial charge on any atom is -0.377 e. The van der Waals surface area contributed by atoms with Crippen LogP contribution in [-0.2, 0) is 33.3 Å². The molecule has 4 N–H and O–H groups in total. The lowest BCUT2D eigenvalue weighted by atomic mass is 10.2. The average molecular weight is 477 g/mol. The van der Waals surface area contributed by atoms with Crippen molar-refractivity contribution >= 4 is 17.7 Å². The van der Waals surface area contributed by atoms with E-state index in [1.807, 2.05) is 7.05 Å². The second kappa shape index (κ2) is 24.8. The molecule has 11 nitrogen and oxygen atoms in total. The maximum absolute atomic E-state index is 11.6. The molecule has 0 aromatic rings. The van der Waals surface area contributed by atoms with Crippen LogP contribution < -0.4 is 21.3 Å². The van der Waals surface area contributed by atoms with Crippen molar-refractivity contribution in [1.29, 1.82) is 0 Å². The number of amides is 3. The highest BCUT2D eigenvalue weighted by Gasteiger charge is 2.03. The molecular weight excluding hydrogens is 432 g/mol. The number of carbonyl (C=O) groups excluding carboxylic acids is 3. The van der Waals surface area contributed by atoms with E-state index in [1.54, 1.807) is 0 Å². The van der Waals surface area contributed by atoms with Crippen molar-refractivity contribution in [2.45, 2.75) is 39.0 Å². The molecule has 0 bridgehead atoms. The van der Waals surface area contributed by atoms with Crippen LogP contribution in [-0.4, -0.2) is 104 Å². The molecule has 0 saturated heterocycles. The first-order valence-electron chi connectivity index (χ1n) is 11.9. The highest BCUT2D eigenvalue weighted by molar-refractivity contribution is 5.77. The zero-order chi connectivity index (χ0) is 24.4. The van der Waals surface area contributed by atoms with Gasteiger partial charge in [-0.2, -0.15) is 0 Å². The monoisotopic (exact) mass is 476 g/mol. The second-order valence-electron chi connectivity index (χ2n) is 7.29. The maximum Gasteiger partial charge on any atom is 0.246 e. The summed E-state index contributed by atoms with van der Waals surface area (Å²) in [6.07, 6.45) is 4.50. The van der Waals surface area contributed by atoms with Crippen LogP contribution in [0, 0.1) is 0 Å². The van der Waals surface area contributed by atoms with Crippen molar-refractivity contribution in [2.24, 2.45) is 0 Å². The molecule has 0 aliphatic rings. The van der Waals surface area contributed by atoms with Crippen LogP contribution in [0.25, 0.3) is 0 Å². The minimum atomic E-state index is -0.233. The van der Waals surface area contributed by atoms with Gasteiger partial charge in [-0.3, -0.25) is 14.4 Å². The predicted molar refractivity (Wildman–Crippen MR) is 125 cm³/mol. The van der Waals surface area contributed by atoms with Gasteiger partial charge in [0.1, 0.15) is 13.2 Å². The number of ether oxygens (including phenoxy) is 4. The van der Waals surface area contributed by atoms with E-state index >= 15 is 0 Å². The number of nitrogens with one attached hydrogen (secondary N) is 4. The van der Waals surface area contributed by atoms with Gasteiger partial charge in [0.05, 0.1) is 39.6 Å². The van der Waals surface area contributed by atoms with Gasteiger partial charge in [0.2, 0.25) is 17.7 Å². The molecule has 0 aromatic heterocycles. The van der Waals surface area contributed by atoms with E-state index < -0.39 is 0 Å². The Morgan fingerprint density at radius 3 is 1.64 bits per heavy atom. The van der Waals surface area contributed by atoms with Gasteiger partial charge in [0.15, 0.2) is 0 Å². The predicted octanol–water partition coefficient (Wildman–Crippen LogP) is -0.409. The van der Waals surface area contributed by atoms with E-state index in [2.05, 4.69) is 28.2 Å². The van der Waals surface area contributed by atoms with E-state index in [1.165, 1.54) is 0 Å². The van der Waals surface area contributed by atoms with Crippen LogP contribution >= 0.6 is 0 Å². The number of carbonyl (C=O) groups is 3. The third-order valence-electron chi connectivity index (χ3n) is 4.28. The Morgan fingerprint density at radius 2 is 1.09 bits per heavy atom.